The Morgan fingerprint density at radius 3 is 1.58 bits per heavy atom. The molecular formula is C15H11F6PS2. The summed E-state index contributed by atoms with van der Waals surface area (Å²) in [4.78, 5) is 5.46. The van der Waals surface area contributed by atoms with Crippen molar-refractivity contribution in [2.75, 3.05) is 0 Å². The van der Waals surface area contributed by atoms with Gasteiger partial charge in [-0.2, -0.15) is 0 Å². The van der Waals surface area contributed by atoms with Gasteiger partial charge in [0.2, 0.25) is 0 Å². The summed E-state index contributed by atoms with van der Waals surface area (Å²) in [7, 11) is -10.7. The van der Waals surface area contributed by atoms with E-state index >= 15 is 0 Å². The van der Waals surface area contributed by atoms with Crippen LogP contribution in [0.2, 0.25) is 0 Å². The summed E-state index contributed by atoms with van der Waals surface area (Å²) in [6.07, 6.45) is 0. The second-order valence-corrected chi connectivity index (χ2v) is 9.40. The number of benzene rings is 2. The van der Waals surface area contributed by atoms with Gasteiger partial charge >= 0.3 is 33.0 Å². The Balaban J connectivity index is 0.000000256. The molecule has 0 radical (unpaired) electrons. The van der Waals surface area contributed by atoms with Gasteiger partial charge in [-0.25, -0.2) is 0 Å². The Morgan fingerprint density at radius 1 is 0.833 bits per heavy atom. The topological polar surface area (TPSA) is 0 Å². The standard InChI is InChI=1S/C15H11S2.F6P/c1-2-11-17-14-9-5-3-7-12(14)16-13-8-4-6-10-15(13)17;1-7(2,3,4,5)6/h3-11H,1H2;/q+1;-1. The van der Waals surface area contributed by atoms with E-state index < -0.39 is 7.81 Å². The molecule has 0 spiro atoms. The zero-order valence-corrected chi connectivity index (χ0v) is 14.5. The fourth-order valence-electron chi connectivity index (χ4n) is 1.88. The molecule has 24 heavy (non-hydrogen) atoms. The van der Waals surface area contributed by atoms with Gasteiger partial charge in [0.15, 0.2) is 15.2 Å². The van der Waals surface area contributed by atoms with Crippen molar-refractivity contribution in [3.05, 3.63) is 66.2 Å². The Kier molecular flexibility index (Phi) is 4.66. The van der Waals surface area contributed by atoms with Gasteiger partial charge in [-0.3, -0.25) is 0 Å². The molecule has 1 aliphatic heterocycles. The summed E-state index contributed by atoms with van der Waals surface area (Å²) in [5.41, 5.74) is 2.95. The normalized spacial score (nSPS) is 16.2. The number of rotatable bonds is 1. The van der Waals surface area contributed by atoms with E-state index in [2.05, 4.69) is 66.2 Å². The van der Waals surface area contributed by atoms with Crippen LogP contribution >= 0.6 is 19.6 Å². The minimum absolute atomic E-state index is 0.0140. The second-order valence-electron chi connectivity index (χ2n) is 4.61. The maximum atomic E-state index is 9.87. The first kappa shape index (κ1) is 19.0. The van der Waals surface area contributed by atoms with Crippen LogP contribution in [0.5, 0.6) is 0 Å². The molecule has 0 saturated carbocycles. The van der Waals surface area contributed by atoms with Crippen molar-refractivity contribution in [1.29, 1.82) is 0 Å². The molecule has 0 amide bonds. The van der Waals surface area contributed by atoms with Crippen LogP contribution in [0, 0.1) is 0 Å². The summed E-state index contributed by atoms with van der Waals surface area (Å²) in [5, 5.41) is 2.08. The van der Waals surface area contributed by atoms with Crippen molar-refractivity contribution in [3.63, 3.8) is 0 Å². The minimum atomic E-state index is -10.7. The molecular weight excluding hydrogens is 389 g/mol. The maximum absolute atomic E-state index is 10.7. The molecule has 0 atom stereocenters. The van der Waals surface area contributed by atoms with Gasteiger partial charge in [-0.15, -0.1) is 0 Å². The molecule has 0 saturated heterocycles. The fourth-order valence-corrected chi connectivity index (χ4v) is 5.21. The van der Waals surface area contributed by atoms with Crippen molar-refractivity contribution in [2.45, 2.75) is 19.6 Å². The molecule has 0 bridgehead atoms. The van der Waals surface area contributed by atoms with E-state index in [1.807, 2.05) is 11.8 Å². The number of halogens is 6. The average molecular weight is 400 g/mol. The Bertz CT molecular complexity index is 753. The molecule has 130 valence electrons. The van der Waals surface area contributed by atoms with E-state index in [0.717, 1.165) is 0 Å². The molecule has 0 N–H and O–H groups in total. The van der Waals surface area contributed by atoms with Crippen LogP contribution in [0.1, 0.15) is 0 Å². The molecule has 2 aromatic rings. The van der Waals surface area contributed by atoms with Crippen molar-refractivity contribution in [1.82, 2.24) is 0 Å². The predicted molar refractivity (Wildman–Crippen MR) is 88.2 cm³/mol. The van der Waals surface area contributed by atoms with Crippen molar-refractivity contribution in [3.8, 4) is 0 Å². The summed E-state index contributed by atoms with van der Waals surface area (Å²) >= 11 is 1.85. The van der Waals surface area contributed by atoms with Gasteiger partial charge in [0, 0.05) is 0 Å². The molecule has 2 aromatic carbocycles. The van der Waals surface area contributed by atoms with Gasteiger partial charge in [0.25, 0.3) is 0 Å². The molecule has 0 fully saturated rings. The molecule has 0 nitrogen and oxygen atoms in total. The molecule has 1 heterocycles. The third-order valence-electron chi connectivity index (χ3n) is 2.59. The fraction of sp³-hybridized carbons (Fsp3) is 0. The second kappa shape index (κ2) is 5.88. The van der Waals surface area contributed by atoms with E-state index in [1.54, 1.807) is 0 Å². The predicted octanol–water partition coefficient (Wildman–Crippen LogP) is 7.87. The van der Waals surface area contributed by atoms with E-state index in [-0.39, 0.29) is 10.9 Å². The van der Waals surface area contributed by atoms with E-state index in [1.165, 1.54) is 19.6 Å². The SMILES string of the molecule is C=C=C[S+]1c2ccccc2Sc2ccccc21.F[P-](F)(F)(F)(F)F. The van der Waals surface area contributed by atoms with Crippen molar-refractivity contribution >= 4 is 30.5 Å². The summed E-state index contributed by atoms with van der Waals surface area (Å²) in [6, 6.07) is 17.2. The van der Waals surface area contributed by atoms with Crippen LogP contribution in [-0.2, 0) is 10.9 Å². The molecule has 0 aromatic heterocycles. The Hall–Kier alpha value is -1.33. The quantitative estimate of drug-likeness (QED) is 0.203. The third kappa shape index (κ3) is 6.29. The van der Waals surface area contributed by atoms with Gasteiger partial charge in [0.05, 0.1) is 9.79 Å². The number of hydrogen-bond acceptors (Lipinski definition) is 1. The van der Waals surface area contributed by atoms with Gasteiger partial charge in [0.1, 0.15) is 10.9 Å². The summed E-state index contributed by atoms with van der Waals surface area (Å²) in [6.45, 7) is 3.72. The van der Waals surface area contributed by atoms with Crippen molar-refractivity contribution < 1.29 is 25.2 Å². The molecule has 3 rings (SSSR count). The van der Waals surface area contributed by atoms with Gasteiger partial charge < -0.3 is 0 Å². The van der Waals surface area contributed by atoms with Crippen LogP contribution in [0.25, 0.3) is 0 Å². The van der Waals surface area contributed by atoms with E-state index in [9.17, 15) is 25.2 Å². The third-order valence-corrected chi connectivity index (χ3v) is 6.07. The van der Waals surface area contributed by atoms with Crippen molar-refractivity contribution in [2.24, 2.45) is 0 Å². The average Bonchev–Trinajstić information content (AvgIpc) is 2.44. The van der Waals surface area contributed by atoms with Crippen LogP contribution in [-0.4, -0.2) is 0 Å². The zero-order chi connectivity index (χ0) is 18.1. The molecule has 1 aliphatic rings. The number of hydrogen-bond donors (Lipinski definition) is 0. The Morgan fingerprint density at radius 2 is 1.21 bits per heavy atom. The molecule has 0 aliphatic carbocycles. The van der Waals surface area contributed by atoms with Gasteiger partial charge in [-0.1, -0.05) is 48.3 Å². The first-order valence-corrected chi connectivity index (χ1v) is 10.5. The first-order chi connectivity index (χ1) is 10.8. The summed E-state index contributed by atoms with van der Waals surface area (Å²) < 4.78 is 59.2. The van der Waals surface area contributed by atoms with Gasteiger partial charge in [-0.05, 0) is 24.3 Å². The summed E-state index contributed by atoms with van der Waals surface area (Å²) in [5.74, 6) is 0. The number of fused-ring (bicyclic) bond motifs is 2. The van der Waals surface area contributed by atoms with Crippen LogP contribution in [0.3, 0.4) is 0 Å². The van der Waals surface area contributed by atoms with E-state index in [4.69, 9.17) is 0 Å². The molecule has 9 heteroatoms. The van der Waals surface area contributed by atoms with Crippen LogP contribution in [0.15, 0.2) is 85.8 Å². The van der Waals surface area contributed by atoms with Crippen LogP contribution < -0.4 is 0 Å². The van der Waals surface area contributed by atoms with Crippen LogP contribution in [0.4, 0.5) is 25.2 Å². The molecule has 0 unspecified atom stereocenters. The van der Waals surface area contributed by atoms with E-state index in [0.29, 0.717) is 0 Å². The Labute approximate surface area is 141 Å². The first-order valence-electron chi connectivity index (χ1n) is 6.36. The zero-order valence-electron chi connectivity index (χ0n) is 11.9. The monoisotopic (exact) mass is 400 g/mol.